The van der Waals surface area contributed by atoms with E-state index in [1.54, 1.807) is 14.2 Å². The van der Waals surface area contributed by atoms with Gasteiger partial charge in [-0.2, -0.15) is 0 Å². The normalized spacial score (nSPS) is 14.1. The molecule has 0 fully saturated rings. The summed E-state index contributed by atoms with van der Waals surface area (Å²) in [4.78, 5) is 2.18. The lowest BCUT2D eigenvalue weighted by Crippen LogP contribution is -2.26. The highest BCUT2D eigenvalue weighted by Gasteiger charge is 2.14. The van der Waals surface area contributed by atoms with Crippen LogP contribution in [-0.4, -0.2) is 27.4 Å². The summed E-state index contributed by atoms with van der Waals surface area (Å²) in [5.41, 5.74) is 2.16. The fraction of sp³-hybridized carbons (Fsp3) is 0.222. The van der Waals surface area contributed by atoms with Crippen LogP contribution in [0, 0.1) is 0 Å². The molecule has 0 aromatic heterocycles. The molecule has 2 aromatic rings. The molecule has 2 aromatic carbocycles. The summed E-state index contributed by atoms with van der Waals surface area (Å²) in [7, 11) is 3.34. The SMILES string of the molecule is COc1ccc(C2=CN(c3ccc(OC)cc3)CCO2)cc1. The van der Waals surface area contributed by atoms with E-state index in [1.807, 2.05) is 54.7 Å². The zero-order valence-corrected chi connectivity index (χ0v) is 12.8. The van der Waals surface area contributed by atoms with Crippen LogP contribution in [0.5, 0.6) is 11.5 Å². The Kier molecular flexibility index (Phi) is 4.19. The van der Waals surface area contributed by atoms with Gasteiger partial charge in [-0.25, -0.2) is 0 Å². The Morgan fingerprint density at radius 2 is 1.45 bits per heavy atom. The third kappa shape index (κ3) is 3.01. The van der Waals surface area contributed by atoms with Gasteiger partial charge in [-0.05, 0) is 48.5 Å². The second kappa shape index (κ2) is 6.43. The zero-order valence-electron chi connectivity index (χ0n) is 12.8. The first-order chi connectivity index (χ1) is 10.8. The van der Waals surface area contributed by atoms with Crippen molar-refractivity contribution in [3.63, 3.8) is 0 Å². The maximum atomic E-state index is 5.79. The van der Waals surface area contributed by atoms with Crippen LogP contribution in [0.2, 0.25) is 0 Å². The van der Waals surface area contributed by atoms with Crippen molar-refractivity contribution in [2.45, 2.75) is 0 Å². The van der Waals surface area contributed by atoms with Gasteiger partial charge in [0.1, 0.15) is 23.9 Å². The maximum absolute atomic E-state index is 5.79. The van der Waals surface area contributed by atoms with Gasteiger partial charge in [0.05, 0.1) is 20.8 Å². The van der Waals surface area contributed by atoms with Gasteiger partial charge in [0.2, 0.25) is 0 Å². The van der Waals surface area contributed by atoms with Crippen molar-refractivity contribution in [2.75, 3.05) is 32.3 Å². The minimum Gasteiger partial charge on any atom is -0.497 e. The van der Waals surface area contributed by atoms with Crippen LogP contribution in [0.3, 0.4) is 0 Å². The summed E-state index contributed by atoms with van der Waals surface area (Å²) < 4.78 is 16.2. The van der Waals surface area contributed by atoms with Crippen molar-refractivity contribution in [2.24, 2.45) is 0 Å². The van der Waals surface area contributed by atoms with Crippen molar-refractivity contribution in [1.82, 2.24) is 0 Å². The molecular formula is C18H19NO3. The molecule has 0 radical (unpaired) electrons. The molecule has 0 saturated heterocycles. The highest BCUT2D eigenvalue weighted by atomic mass is 16.5. The van der Waals surface area contributed by atoms with Crippen LogP contribution in [-0.2, 0) is 4.74 Å². The van der Waals surface area contributed by atoms with Crippen molar-refractivity contribution >= 4 is 11.4 Å². The summed E-state index contributed by atoms with van der Waals surface area (Å²) in [6.07, 6.45) is 2.03. The number of anilines is 1. The number of ether oxygens (including phenoxy) is 3. The second-order valence-corrected chi connectivity index (χ2v) is 4.96. The Labute approximate surface area is 130 Å². The fourth-order valence-electron chi connectivity index (χ4n) is 2.39. The molecule has 22 heavy (non-hydrogen) atoms. The number of nitrogens with zero attached hydrogens (tertiary/aromatic N) is 1. The molecule has 0 atom stereocenters. The first kappa shape index (κ1) is 14.3. The van der Waals surface area contributed by atoms with Gasteiger partial charge in [0.25, 0.3) is 0 Å². The molecule has 0 N–H and O–H groups in total. The minimum atomic E-state index is 0.657. The first-order valence-corrected chi connectivity index (χ1v) is 7.20. The van der Waals surface area contributed by atoms with Crippen LogP contribution < -0.4 is 14.4 Å². The molecule has 0 bridgehead atoms. The second-order valence-electron chi connectivity index (χ2n) is 4.96. The zero-order chi connectivity index (χ0) is 15.4. The molecule has 1 aliphatic heterocycles. The quantitative estimate of drug-likeness (QED) is 0.863. The lowest BCUT2D eigenvalue weighted by atomic mass is 10.1. The number of hydrogen-bond acceptors (Lipinski definition) is 4. The highest BCUT2D eigenvalue weighted by Crippen LogP contribution is 2.26. The van der Waals surface area contributed by atoms with Crippen LogP contribution in [0.25, 0.3) is 5.76 Å². The van der Waals surface area contributed by atoms with Crippen LogP contribution >= 0.6 is 0 Å². The Bertz CT molecular complexity index is 647. The molecule has 1 aliphatic rings. The van der Waals surface area contributed by atoms with Gasteiger partial charge in [0.15, 0.2) is 0 Å². The van der Waals surface area contributed by atoms with Crippen molar-refractivity contribution in [3.05, 3.63) is 60.3 Å². The number of benzene rings is 2. The molecule has 114 valence electrons. The van der Waals surface area contributed by atoms with Gasteiger partial charge in [-0.1, -0.05) is 0 Å². The van der Waals surface area contributed by atoms with Gasteiger partial charge >= 0.3 is 0 Å². The molecule has 4 heteroatoms. The van der Waals surface area contributed by atoms with Crippen molar-refractivity contribution in [1.29, 1.82) is 0 Å². The number of methoxy groups -OCH3 is 2. The van der Waals surface area contributed by atoms with E-state index in [2.05, 4.69) is 4.90 Å². The predicted octanol–water partition coefficient (Wildman–Crippen LogP) is 3.54. The van der Waals surface area contributed by atoms with E-state index in [0.717, 1.165) is 35.1 Å². The van der Waals surface area contributed by atoms with E-state index in [9.17, 15) is 0 Å². The van der Waals surface area contributed by atoms with Gasteiger partial charge in [0, 0.05) is 17.5 Å². The van der Waals surface area contributed by atoms with Crippen LogP contribution in [0.4, 0.5) is 5.69 Å². The standard InChI is InChI=1S/C18H19NO3/c1-20-16-7-3-14(4-8-16)18-13-19(11-12-22-18)15-5-9-17(21-2)10-6-15/h3-10,13H,11-12H2,1-2H3. The first-order valence-electron chi connectivity index (χ1n) is 7.20. The lowest BCUT2D eigenvalue weighted by Gasteiger charge is -2.27. The molecule has 0 saturated carbocycles. The Morgan fingerprint density at radius 1 is 0.864 bits per heavy atom. The number of hydrogen-bond donors (Lipinski definition) is 0. The van der Waals surface area contributed by atoms with Gasteiger partial charge in [-0.3, -0.25) is 0 Å². The highest BCUT2D eigenvalue weighted by molar-refractivity contribution is 5.66. The van der Waals surface area contributed by atoms with Gasteiger partial charge in [-0.15, -0.1) is 0 Å². The number of rotatable bonds is 4. The van der Waals surface area contributed by atoms with Crippen molar-refractivity contribution in [3.8, 4) is 11.5 Å². The van der Waals surface area contributed by atoms with E-state index < -0.39 is 0 Å². The topological polar surface area (TPSA) is 30.9 Å². The molecule has 4 nitrogen and oxygen atoms in total. The molecule has 0 amide bonds. The van der Waals surface area contributed by atoms with E-state index >= 15 is 0 Å². The summed E-state index contributed by atoms with van der Waals surface area (Å²) in [6.45, 7) is 1.48. The Morgan fingerprint density at radius 3 is 2.05 bits per heavy atom. The van der Waals surface area contributed by atoms with Crippen LogP contribution in [0.15, 0.2) is 54.7 Å². The fourth-order valence-corrected chi connectivity index (χ4v) is 2.39. The average molecular weight is 297 g/mol. The lowest BCUT2D eigenvalue weighted by molar-refractivity contribution is 0.274. The van der Waals surface area contributed by atoms with Crippen LogP contribution in [0.1, 0.15) is 5.56 Å². The van der Waals surface area contributed by atoms with E-state index in [0.29, 0.717) is 6.61 Å². The summed E-state index contributed by atoms with van der Waals surface area (Å²) in [6, 6.07) is 15.9. The molecule has 0 spiro atoms. The molecule has 3 rings (SSSR count). The van der Waals surface area contributed by atoms with Crippen molar-refractivity contribution < 1.29 is 14.2 Å². The summed E-state index contributed by atoms with van der Waals surface area (Å²) in [5, 5.41) is 0. The third-order valence-corrected chi connectivity index (χ3v) is 3.64. The molecule has 0 unspecified atom stereocenters. The predicted molar refractivity (Wildman–Crippen MR) is 87.3 cm³/mol. The van der Waals surface area contributed by atoms with Gasteiger partial charge < -0.3 is 19.1 Å². The van der Waals surface area contributed by atoms with E-state index in [4.69, 9.17) is 14.2 Å². The minimum absolute atomic E-state index is 0.657. The Balaban J connectivity index is 1.83. The Hall–Kier alpha value is -2.62. The molecule has 0 aliphatic carbocycles. The largest absolute Gasteiger partial charge is 0.497 e. The van der Waals surface area contributed by atoms with E-state index in [-0.39, 0.29) is 0 Å². The monoisotopic (exact) mass is 297 g/mol. The summed E-state index contributed by atoms with van der Waals surface area (Å²) >= 11 is 0. The smallest absolute Gasteiger partial charge is 0.142 e. The average Bonchev–Trinajstić information content (AvgIpc) is 2.62. The maximum Gasteiger partial charge on any atom is 0.142 e. The molecule has 1 heterocycles. The van der Waals surface area contributed by atoms with E-state index in [1.165, 1.54) is 0 Å². The molecular weight excluding hydrogens is 278 g/mol. The summed E-state index contributed by atoms with van der Waals surface area (Å²) in [5.74, 6) is 2.56. The third-order valence-electron chi connectivity index (χ3n) is 3.64.